The number of hydrogen-bond acceptors (Lipinski definition) is 3. The first-order valence-corrected chi connectivity index (χ1v) is 18.4. The molecule has 3 N–H and O–H groups in total. The third-order valence-electron chi connectivity index (χ3n) is 8.53. The van der Waals surface area contributed by atoms with Crippen LogP contribution in [0.25, 0.3) is 0 Å². The molecule has 0 saturated heterocycles. The third-order valence-corrected chi connectivity index (χ3v) is 8.53. The summed E-state index contributed by atoms with van der Waals surface area (Å²) >= 11 is 0. The van der Waals surface area contributed by atoms with Crippen molar-refractivity contribution in [1.82, 2.24) is 5.32 Å². The Hall–Kier alpha value is -0.870. The van der Waals surface area contributed by atoms with E-state index in [1.807, 2.05) is 0 Å². The Morgan fingerprint density at radius 1 is 0.561 bits per heavy atom. The van der Waals surface area contributed by atoms with Crippen molar-refractivity contribution in [3.05, 3.63) is 12.2 Å². The van der Waals surface area contributed by atoms with E-state index in [1.54, 1.807) is 0 Å². The molecule has 0 rings (SSSR count). The van der Waals surface area contributed by atoms with E-state index in [4.69, 9.17) is 0 Å². The normalized spacial score (nSPS) is 13.2. The molecule has 0 aliphatic heterocycles. The van der Waals surface area contributed by atoms with Gasteiger partial charge in [0.2, 0.25) is 5.91 Å². The third kappa shape index (κ3) is 30.4. The van der Waals surface area contributed by atoms with Crippen LogP contribution in [-0.4, -0.2) is 34.9 Å². The number of hydrogen-bond donors (Lipinski definition) is 3. The van der Waals surface area contributed by atoms with Crippen LogP contribution in [0.3, 0.4) is 0 Å². The molecule has 0 aliphatic carbocycles. The molecular weight excluding hydrogens is 506 g/mol. The van der Waals surface area contributed by atoms with E-state index in [0.717, 1.165) is 25.7 Å². The highest BCUT2D eigenvalue weighted by molar-refractivity contribution is 5.76. The lowest BCUT2D eigenvalue weighted by Gasteiger charge is -2.22. The average Bonchev–Trinajstić information content (AvgIpc) is 2.97. The summed E-state index contributed by atoms with van der Waals surface area (Å²) in [4.78, 5) is 12.3. The van der Waals surface area contributed by atoms with Crippen LogP contribution in [0.5, 0.6) is 0 Å². The summed E-state index contributed by atoms with van der Waals surface area (Å²) in [5.74, 6) is -0.0407. The minimum Gasteiger partial charge on any atom is -0.394 e. The molecule has 4 heteroatoms. The van der Waals surface area contributed by atoms with Crippen LogP contribution >= 0.6 is 0 Å². The number of rotatable bonds is 33. The monoisotopic (exact) mass is 580 g/mol. The second-order valence-corrected chi connectivity index (χ2v) is 12.6. The standard InChI is InChI=1S/C37H73NO3/c1-3-5-7-9-11-13-15-17-18-19-21-22-24-26-28-30-32-36(40)35(34-39)38-37(41)33-31-29-27-25-23-20-16-14-12-10-8-6-4-2/h14,16,35-36,39-40H,3-13,15,17-34H2,1-2H3,(H,38,41)/b16-14-. The lowest BCUT2D eigenvalue weighted by Crippen LogP contribution is -2.45. The second kappa shape index (κ2) is 33.6. The molecule has 0 spiro atoms. The van der Waals surface area contributed by atoms with Crippen LogP contribution in [0, 0.1) is 0 Å². The number of carbonyl (C=O) groups excluding carboxylic acids is 1. The van der Waals surface area contributed by atoms with Gasteiger partial charge < -0.3 is 15.5 Å². The molecule has 0 aliphatic rings. The van der Waals surface area contributed by atoms with Crippen molar-refractivity contribution < 1.29 is 15.0 Å². The fourth-order valence-corrected chi connectivity index (χ4v) is 5.65. The van der Waals surface area contributed by atoms with Gasteiger partial charge >= 0.3 is 0 Å². The van der Waals surface area contributed by atoms with Gasteiger partial charge in [0.15, 0.2) is 0 Å². The first kappa shape index (κ1) is 40.1. The van der Waals surface area contributed by atoms with Crippen molar-refractivity contribution >= 4 is 5.91 Å². The molecule has 2 atom stereocenters. The average molecular weight is 580 g/mol. The van der Waals surface area contributed by atoms with E-state index in [1.165, 1.54) is 148 Å². The van der Waals surface area contributed by atoms with Crippen LogP contribution in [0.1, 0.15) is 200 Å². The summed E-state index contributed by atoms with van der Waals surface area (Å²) in [6, 6.07) is -0.535. The summed E-state index contributed by atoms with van der Waals surface area (Å²) in [6.07, 6.45) is 39.7. The first-order valence-electron chi connectivity index (χ1n) is 18.4. The molecule has 0 aromatic rings. The van der Waals surface area contributed by atoms with Gasteiger partial charge in [-0.15, -0.1) is 0 Å². The lowest BCUT2D eigenvalue weighted by molar-refractivity contribution is -0.123. The van der Waals surface area contributed by atoms with E-state index in [-0.39, 0.29) is 12.5 Å². The van der Waals surface area contributed by atoms with Gasteiger partial charge in [0.1, 0.15) is 0 Å². The zero-order valence-electron chi connectivity index (χ0n) is 27.8. The molecule has 0 heterocycles. The molecule has 244 valence electrons. The van der Waals surface area contributed by atoms with Gasteiger partial charge in [-0.1, -0.05) is 167 Å². The van der Waals surface area contributed by atoms with Gasteiger partial charge in [-0.05, 0) is 38.5 Å². The minimum atomic E-state index is -0.657. The van der Waals surface area contributed by atoms with Gasteiger partial charge in [-0.2, -0.15) is 0 Å². The molecule has 0 bridgehead atoms. The van der Waals surface area contributed by atoms with Gasteiger partial charge in [-0.25, -0.2) is 0 Å². The SMILES string of the molecule is CCCCCC/C=C\CCCCCCCC(=O)NC(CO)C(O)CCCCCCCCCCCCCCCCCC. The Morgan fingerprint density at radius 3 is 1.37 bits per heavy atom. The first-order chi connectivity index (χ1) is 20.2. The van der Waals surface area contributed by atoms with Crippen molar-refractivity contribution in [2.45, 2.75) is 212 Å². The van der Waals surface area contributed by atoms with Gasteiger partial charge in [-0.3, -0.25) is 4.79 Å². The maximum atomic E-state index is 12.3. The molecule has 0 aromatic heterocycles. The number of allylic oxidation sites excluding steroid dienone is 2. The highest BCUT2D eigenvalue weighted by Gasteiger charge is 2.19. The minimum absolute atomic E-state index is 0.0407. The van der Waals surface area contributed by atoms with Crippen molar-refractivity contribution in [2.24, 2.45) is 0 Å². The summed E-state index contributed by atoms with van der Waals surface area (Å²) in [6.45, 7) is 4.33. The number of aliphatic hydroxyl groups is 2. The Balaban J connectivity index is 3.55. The Labute approximate surface area is 256 Å². The van der Waals surface area contributed by atoms with Crippen molar-refractivity contribution in [3.63, 3.8) is 0 Å². The zero-order chi connectivity index (χ0) is 30.1. The van der Waals surface area contributed by atoms with Gasteiger partial charge in [0.05, 0.1) is 18.8 Å². The van der Waals surface area contributed by atoms with E-state index >= 15 is 0 Å². The van der Waals surface area contributed by atoms with Crippen LogP contribution in [-0.2, 0) is 4.79 Å². The smallest absolute Gasteiger partial charge is 0.220 e. The van der Waals surface area contributed by atoms with Gasteiger partial charge in [0, 0.05) is 6.42 Å². The summed E-state index contributed by atoms with van der Waals surface area (Å²) in [5.41, 5.74) is 0. The number of aliphatic hydroxyl groups excluding tert-OH is 2. The van der Waals surface area contributed by atoms with Crippen molar-refractivity contribution in [3.8, 4) is 0 Å². The van der Waals surface area contributed by atoms with Crippen LogP contribution in [0.4, 0.5) is 0 Å². The maximum absolute atomic E-state index is 12.3. The summed E-state index contributed by atoms with van der Waals surface area (Å²) < 4.78 is 0. The quantitative estimate of drug-likeness (QED) is 0.0535. The molecule has 2 unspecified atom stereocenters. The van der Waals surface area contributed by atoms with E-state index in [2.05, 4.69) is 31.3 Å². The lowest BCUT2D eigenvalue weighted by atomic mass is 10.0. The molecule has 41 heavy (non-hydrogen) atoms. The van der Waals surface area contributed by atoms with Crippen molar-refractivity contribution in [2.75, 3.05) is 6.61 Å². The largest absolute Gasteiger partial charge is 0.394 e. The van der Waals surface area contributed by atoms with E-state index in [9.17, 15) is 15.0 Å². The fraction of sp³-hybridized carbons (Fsp3) is 0.919. The fourth-order valence-electron chi connectivity index (χ4n) is 5.65. The molecule has 0 fully saturated rings. The Morgan fingerprint density at radius 2 is 0.927 bits per heavy atom. The summed E-state index contributed by atoms with van der Waals surface area (Å²) in [7, 11) is 0. The topological polar surface area (TPSA) is 69.6 Å². The van der Waals surface area contributed by atoms with Crippen LogP contribution < -0.4 is 5.32 Å². The Kier molecular flexibility index (Phi) is 32.9. The summed E-state index contributed by atoms with van der Waals surface area (Å²) in [5, 5.41) is 23.0. The van der Waals surface area contributed by atoms with E-state index in [0.29, 0.717) is 12.8 Å². The molecular formula is C37H73NO3. The van der Waals surface area contributed by atoms with Crippen LogP contribution in [0.15, 0.2) is 12.2 Å². The van der Waals surface area contributed by atoms with Crippen LogP contribution in [0.2, 0.25) is 0 Å². The number of nitrogens with one attached hydrogen (secondary N) is 1. The predicted molar refractivity (Wildman–Crippen MR) is 179 cm³/mol. The number of unbranched alkanes of at least 4 members (excludes halogenated alkanes) is 24. The zero-order valence-corrected chi connectivity index (χ0v) is 27.8. The Bertz CT molecular complexity index is 550. The highest BCUT2D eigenvalue weighted by atomic mass is 16.3. The second-order valence-electron chi connectivity index (χ2n) is 12.6. The predicted octanol–water partition coefficient (Wildman–Crippen LogP) is 10.7. The van der Waals surface area contributed by atoms with Gasteiger partial charge in [0.25, 0.3) is 0 Å². The number of amides is 1. The molecule has 4 nitrogen and oxygen atoms in total. The molecule has 0 radical (unpaired) electrons. The molecule has 0 aromatic carbocycles. The van der Waals surface area contributed by atoms with E-state index < -0.39 is 12.1 Å². The molecule has 0 saturated carbocycles. The highest BCUT2D eigenvalue weighted by Crippen LogP contribution is 2.15. The molecule has 1 amide bonds. The number of carbonyl (C=O) groups is 1. The van der Waals surface area contributed by atoms with Crippen molar-refractivity contribution in [1.29, 1.82) is 0 Å². The maximum Gasteiger partial charge on any atom is 0.220 e.